The smallest absolute Gasteiger partial charge is 0.217 e. The molecule has 1 aliphatic rings. The first-order valence-electron chi connectivity index (χ1n) is 11.3. The third kappa shape index (κ3) is 5.27. The van der Waals surface area contributed by atoms with E-state index in [1.807, 2.05) is 11.8 Å². The van der Waals surface area contributed by atoms with E-state index in [9.17, 15) is 0 Å². The molecule has 0 spiro atoms. The lowest BCUT2D eigenvalue weighted by Crippen LogP contribution is -2.33. The SMILES string of the molecule is CC(C)CSC(C)(C)[C@H]1COC(c2ccccc2P(c2ccccc2)c2ccccc2)=N1. The number of thioether (sulfide) groups is 1. The molecule has 1 atom stereocenters. The van der Waals surface area contributed by atoms with E-state index < -0.39 is 7.92 Å². The lowest BCUT2D eigenvalue weighted by molar-refractivity contribution is 0.301. The van der Waals surface area contributed by atoms with Crippen molar-refractivity contribution in [1.82, 2.24) is 0 Å². The van der Waals surface area contributed by atoms with Crippen molar-refractivity contribution in [3.05, 3.63) is 90.5 Å². The minimum absolute atomic E-state index is 0.0462. The van der Waals surface area contributed by atoms with Gasteiger partial charge in [-0.2, -0.15) is 11.8 Å². The molecule has 0 amide bonds. The Bertz CT molecular complexity index is 1010. The van der Waals surface area contributed by atoms with Gasteiger partial charge in [0.05, 0.1) is 0 Å². The average Bonchev–Trinajstić information content (AvgIpc) is 3.31. The van der Waals surface area contributed by atoms with Crippen LogP contribution in [0.2, 0.25) is 0 Å². The third-order valence-electron chi connectivity index (χ3n) is 5.65. The molecule has 166 valence electrons. The first-order chi connectivity index (χ1) is 15.5. The molecule has 1 aliphatic heterocycles. The number of benzene rings is 3. The van der Waals surface area contributed by atoms with Crippen molar-refractivity contribution in [2.24, 2.45) is 10.9 Å². The maximum atomic E-state index is 6.25. The van der Waals surface area contributed by atoms with Crippen molar-refractivity contribution in [1.29, 1.82) is 0 Å². The van der Waals surface area contributed by atoms with Gasteiger partial charge in [-0.05, 0) is 55.4 Å². The van der Waals surface area contributed by atoms with Crippen LogP contribution in [0.25, 0.3) is 0 Å². The molecular formula is C28H32NOPS. The molecule has 0 bridgehead atoms. The summed E-state index contributed by atoms with van der Waals surface area (Å²) in [6.07, 6.45) is 0. The van der Waals surface area contributed by atoms with E-state index in [4.69, 9.17) is 9.73 Å². The van der Waals surface area contributed by atoms with Crippen molar-refractivity contribution < 1.29 is 4.74 Å². The first-order valence-corrected chi connectivity index (χ1v) is 13.6. The van der Waals surface area contributed by atoms with Crippen molar-refractivity contribution in [3.8, 4) is 0 Å². The van der Waals surface area contributed by atoms with Gasteiger partial charge in [-0.15, -0.1) is 0 Å². The summed E-state index contributed by atoms with van der Waals surface area (Å²) in [5.74, 6) is 2.60. The number of ether oxygens (including phenoxy) is 1. The van der Waals surface area contributed by atoms with E-state index in [2.05, 4.69) is 113 Å². The quantitative estimate of drug-likeness (QED) is 0.398. The Labute approximate surface area is 198 Å². The van der Waals surface area contributed by atoms with Crippen LogP contribution in [0, 0.1) is 5.92 Å². The Morgan fingerprint density at radius 3 is 2.06 bits per heavy atom. The van der Waals surface area contributed by atoms with Crippen LogP contribution in [0.1, 0.15) is 33.3 Å². The fourth-order valence-electron chi connectivity index (χ4n) is 3.79. The lowest BCUT2D eigenvalue weighted by atomic mass is 10.1. The number of rotatable bonds is 8. The Balaban J connectivity index is 1.72. The van der Waals surface area contributed by atoms with Crippen molar-refractivity contribution >= 4 is 41.5 Å². The van der Waals surface area contributed by atoms with E-state index in [0.29, 0.717) is 12.5 Å². The molecule has 0 fully saturated rings. The predicted octanol–water partition coefficient (Wildman–Crippen LogP) is 5.76. The molecule has 3 aromatic rings. The summed E-state index contributed by atoms with van der Waals surface area (Å²) >= 11 is 2.00. The molecule has 4 heteroatoms. The van der Waals surface area contributed by atoms with Crippen LogP contribution in [0.3, 0.4) is 0 Å². The van der Waals surface area contributed by atoms with Gasteiger partial charge in [0.1, 0.15) is 12.6 Å². The Morgan fingerprint density at radius 1 is 0.906 bits per heavy atom. The normalized spacial score (nSPS) is 16.3. The van der Waals surface area contributed by atoms with Gasteiger partial charge in [0, 0.05) is 10.3 Å². The second-order valence-electron chi connectivity index (χ2n) is 9.09. The summed E-state index contributed by atoms with van der Waals surface area (Å²) in [4.78, 5) is 5.12. The molecule has 0 N–H and O–H groups in total. The lowest BCUT2D eigenvalue weighted by Gasteiger charge is -2.28. The van der Waals surface area contributed by atoms with Crippen LogP contribution in [-0.4, -0.2) is 29.0 Å². The van der Waals surface area contributed by atoms with Crippen molar-refractivity contribution in [2.45, 2.75) is 38.5 Å². The minimum atomic E-state index is -0.707. The maximum Gasteiger partial charge on any atom is 0.217 e. The van der Waals surface area contributed by atoms with Crippen LogP contribution >= 0.6 is 19.7 Å². The monoisotopic (exact) mass is 461 g/mol. The fraction of sp³-hybridized carbons (Fsp3) is 0.321. The van der Waals surface area contributed by atoms with Crippen LogP contribution < -0.4 is 15.9 Å². The highest BCUT2D eigenvalue weighted by Crippen LogP contribution is 2.37. The molecule has 2 nitrogen and oxygen atoms in total. The van der Waals surface area contributed by atoms with Gasteiger partial charge in [0.25, 0.3) is 0 Å². The highest BCUT2D eigenvalue weighted by atomic mass is 32.2. The van der Waals surface area contributed by atoms with E-state index in [1.165, 1.54) is 15.9 Å². The van der Waals surface area contributed by atoms with E-state index in [1.54, 1.807) is 0 Å². The summed E-state index contributed by atoms with van der Waals surface area (Å²) in [5, 5.41) is 3.97. The molecule has 0 radical (unpaired) electrons. The molecule has 0 saturated carbocycles. The average molecular weight is 462 g/mol. The zero-order chi connectivity index (χ0) is 22.6. The van der Waals surface area contributed by atoms with Crippen LogP contribution in [-0.2, 0) is 4.74 Å². The molecular weight excluding hydrogens is 429 g/mol. The van der Waals surface area contributed by atoms with Crippen molar-refractivity contribution in [2.75, 3.05) is 12.4 Å². The summed E-state index contributed by atoms with van der Waals surface area (Å²) in [6, 6.07) is 30.4. The second-order valence-corrected chi connectivity index (χ2v) is 13.0. The van der Waals surface area contributed by atoms with Crippen LogP contribution in [0.5, 0.6) is 0 Å². The summed E-state index contributed by atoms with van der Waals surface area (Å²) in [5.41, 5.74) is 1.12. The number of hydrogen-bond donors (Lipinski definition) is 0. The number of hydrogen-bond acceptors (Lipinski definition) is 3. The Morgan fingerprint density at radius 2 is 1.47 bits per heavy atom. The number of aliphatic imine (C=N–C) groups is 1. The van der Waals surface area contributed by atoms with Crippen molar-refractivity contribution in [3.63, 3.8) is 0 Å². The summed E-state index contributed by atoms with van der Waals surface area (Å²) in [6.45, 7) is 9.79. The first kappa shape index (κ1) is 23.1. The molecule has 0 unspecified atom stereocenters. The van der Waals surface area contributed by atoms with Gasteiger partial charge >= 0.3 is 0 Å². The minimum Gasteiger partial charge on any atom is -0.475 e. The van der Waals surface area contributed by atoms with Gasteiger partial charge in [0.15, 0.2) is 0 Å². The van der Waals surface area contributed by atoms with E-state index in [-0.39, 0.29) is 10.8 Å². The molecule has 32 heavy (non-hydrogen) atoms. The predicted molar refractivity (Wildman–Crippen MR) is 143 cm³/mol. The maximum absolute atomic E-state index is 6.25. The molecule has 1 heterocycles. The molecule has 3 aromatic carbocycles. The third-order valence-corrected chi connectivity index (χ3v) is 10.00. The molecule has 0 aromatic heterocycles. The summed E-state index contributed by atoms with van der Waals surface area (Å²) in [7, 11) is -0.707. The van der Waals surface area contributed by atoms with Crippen LogP contribution in [0.4, 0.5) is 0 Å². The number of nitrogens with zero attached hydrogens (tertiary/aromatic N) is 1. The zero-order valence-electron chi connectivity index (χ0n) is 19.4. The molecule has 4 rings (SSSR count). The Kier molecular flexibility index (Phi) is 7.38. The fourth-order valence-corrected chi connectivity index (χ4v) is 7.30. The van der Waals surface area contributed by atoms with Gasteiger partial charge in [-0.25, -0.2) is 4.99 Å². The molecule has 0 saturated heterocycles. The van der Waals surface area contributed by atoms with E-state index >= 15 is 0 Å². The van der Waals surface area contributed by atoms with E-state index in [0.717, 1.165) is 17.2 Å². The largest absolute Gasteiger partial charge is 0.475 e. The van der Waals surface area contributed by atoms with Crippen LogP contribution in [0.15, 0.2) is 89.9 Å². The second kappa shape index (κ2) is 10.2. The van der Waals surface area contributed by atoms with Gasteiger partial charge in [-0.1, -0.05) is 92.7 Å². The molecule has 0 aliphatic carbocycles. The van der Waals surface area contributed by atoms with Gasteiger partial charge in [-0.3, -0.25) is 0 Å². The van der Waals surface area contributed by atoms with Gasteiger partial charge < -0.3 is 4.74 Å². The standard InChI is InChI=1S/C28H32NOPS/c1-21(2)20-32-28(3,4)26-19-30-27(29-26)24-17-11-12-18-25(24)31(22-13-7-5-8-14-22)23-15-9-6-10-16-23/h5-18,21,26H,19-20H2,1-4H3/t26-/m1/s1. The van der Waals surface area contributed by atoms with Gasteiger partial charge in [0.2, 0.25) is 5.90 Å². The highest BCUT2D eigenvalue weighted by molar-refractivity contribution is 8.00. The summed E-state index contributed by atoms with van der Waals surface area (Å²) < 4.78 is 6.30. The topological polar surface area (TPSA) is 21.6 Å². The zero-order valence-corrected chi connectivity index (χ0v) is 21.1. The highest BCUT2D eigenvalue weighted by Gasteiger charge is 2.36. The Hall–Kier alpha value is -2.09.